The highest BCUT2D eigenvalue weighted by atomic mass is 79.9. The van der Waals surface area contributed by atoms with Crippen molar-refractivity contribution in [2.75, 3.05) is 17.8 Å². The second kappa shape index (κ2) is 5.81. The quantitative estimate of drug-likeness (QED) is 0.913. The fourth-order valence-electron chi connectivity index (χ4n) is 2.13. The highest BCUT2D eigenvalue weighted by molar-refractivity contribution is 9.10. The summed E-state index contributed by atoms with van der Waals surface area (Å²) < 4.78 is 29.7. The van der Waals surface area contributed by atoms with Crippen molar-refractivity contribution in [2.45, 2.75) is 26.7 Å². The van der Waals surface area contributed by atoms with Crippen molar-refractivity contribution in [2.24, 2.45) is 5.92 Å². The lowest BCUT2D eigenvalue weighted by Crippen LogP contribution is -2.41. The minimum absolute atomic E-state index is 0.601. The van der Waals surface area contributed by atoms with Gasteiger partial charge in [0.1, 0.15) is 0 Å². The summed E-state index contributed by atoms with van der Waals surface area (Å²) in [7, 11) is -3.44. The van der Waals surface area contributed by atoms with E-state index < -0.39 is 10.2 Å². The lowest BCUT2D eigenvalue weighted by molar-refractivity contribution is 0.289. The largest absolute Gasteiger partial charge is 0.301 e. The summed E-state index contributed by atoms with van der Waals surface area (Å²) in [5.41, 5.74) is 1.55. The zero-order chi connectivity index (χ0) is 14.0. The average Bonchev–Trinajstić information content (AvgIpc) is 2.34. The molecule has 1 N–H and O–H groups in total. The molecule has 1 heterocycles. The van der Waals surface area contributed by atoms with Gasteiger partial charge >= 0.3 is 10.2 Å². The number of nitrogens with zero attached hydrogens (tertiary/aromatic N) is 1. The number of nitrogens with one attached hydrogen (secondary N) is 1. The molecule has 106 valence electrons. The maximum absolute atomic E-state index is 12.3. The van der Waals surface area contributed by atoms with E-state index in [0.29, 0.717) is 24.7 Å². The zero-order valence-corrected chi connectivity index (χ0v) is 13.6. The monoisotopic (exact) mass is 346 g/mol. The third-order valence-corrected chi connectivity index (χ3v) is 5.54. The van der Waals surface area contributed by atoms with Gasteiger partial charge in [0.05, 0.1) is 5.69 Å². The number of hydrogen-bond donors (Lipinski definition) is 1. The lowest BCUT2D eigenvalue weighted by Gasteiger charge is -2.29. The van der Waals surface area contributed by atoms with Gasteiger partial charge in [0.15, 0.2) is 0 Å². The third-order valence-electron chi connectivity index (χ3n) is 3.52. The normalized spacial score (nSPS) is 18.5. The molecule has 0 spiro atoms. The lowest BCUT2D eigenvalue weighted by atomic mass is 10.0. The summed E-state index contributed by atoms with van der Waals surface area (Å²) in [5, 5.41) is 0. The number of anilines is 1. The summed E-state index contributed by atoms with van der Waals surface area (Å²) in [5.74, 6) is 0.610. The van der Waals surface area contributed by atoms with Crippen LogP contribution in [-0.2, 0) is 10.2 Å². The third kappa shape index (κ3) is 3.70. The molecule has 0 unspecified atom stereocenters. The first-order chi connectivity index (χ1) is 8.88. The van der Waals surface area contributed by atoms with Crippen LogP contribution in [0, 0.1) is 12.8 Å². The van der Waals surface area contributed by atoms with Crippen LogP contribution in [0.1, 0.15) is 25.3 Å². The first-order valence-corrected chi connectivity index (χ1v) is 8.66. The van der Waals surface area contributed by atoms with Crippen LogP contribution in [0.25, 0.3) is 0 Å². The van der Waals surface area contributed by atoms with Crippen LogP contribution < -0.4 is 4.72 Å². The average molecular weight is 347 g/mol. The van der Waals surface area contributed by atoms with E-state index in [-0.39, 0.29) is 0 Å². The number of hydrogen-bond acceptors (Lipinski definition) is 2. The Hall–Kier alpha value is -0.590. The number of piperidine rings is 1. The SMILES string of the molecule is Cc1ccc(Br)cc1NS(=O)(=O)N1CCC(C)CC1. The first kappa shape index (κ1) is 14.8. The molecule has 1 aromatic carbocycles. The molecule has 0 radical (unpaired) electrons. The standard InChI is InChI=1S/C13H19BrN2O2S/c1-10-5-7-16(8-6-10)19(17,18)15-13-9-12(14)4-3-11(13)2/h3-4,9-10,15H,5-8H2,1-2H3. The zero-order valence-electron chi connectivity index (χ0n) is 11.2. The van der Waals surface area contributed by atoms with Crippen LogP contribution in [0.4, 0.5) is 5.69 Å². The molecule has 0 amide bonds. The van der Waals surface area contributed by atoms with Gasteiger partial charge in [-0.1, -0.05) is 28.9 Å². The predicted molar refractivity (Wildman–Crippen MR) is 81.4 cm³/mol. The minimum atomic E-state index is -3.44. The van der Waals surface area contributed by atoms with Gasteiger partial charge in [-0.05, 0) is 43.4 Å². The molecule has 19 heavy (non-hydrogen) atoms. The van der Waals surface area contributed by atoms with Crippen molar-refractivity contribution in [3.05, 3.63) is 28.2 Å². The van der Waals surface area contributed by atoms with Gasteiger partial charge < -0.3 is 0 Å². The van der Waals surface area contributed by atoms with Gasteiger partial charge in [-0.25, -0.2) is 0 Å². The van der Waals surface area contributed by atoms with Crippen LogP contribution in [0.3, 0.4) is 0 Å². The van der Waals surface area contributed by atoms with E-state index in [9.17, 15) is 8.42 Å². The Morgan fingerprint density at radius 2 is 1.95 bits per heavy atom. The van der Waals surface area contributed by atoms with Gasteiger partial charge in [0.25, 0.3) is 0 Å². The Labute approximate surface area is 123 Å². The van der Waals surface area contributed by atoms with Crippen molar-refractivity contribution in [3.63, 3.8) is 0 Å². The van der Waals surface area contributed by atoms with Crippen molar-refractivity contribution >= 4 is 31.8 Å². The molecule has 2 rings (SSSR count). The van der Waals surface area contributed by atoms with Crippen LogP contribution >= 0.6 is 15.9 Å². The van der Waals surface area contributed by atoms with Crippen molar-refractivity contribution in [1.29, 1.82) is 0 Å². The van der Waals surface area contributed by atoms with Crippen molar-refractivity contribution in [1.82, 2.24) is 4.31 Å². The molecule has 1 aliphatic rings. The Morgan fingerprint density at radius 1 is 1.32 bits per heavy atom. The summed E-state index contributed by atoms with van der Waals surface area (Å²) in [4.78, 5) is 0. The van der Waals surface area contributed by atoms with E-state index in [4.69, 9.17) is 0 Å². The Bertz CT molecular complexity index is 552. The summed E-state index contributed by atoms with van der Waals surface area (Å²) in [6.07, 6.45) is 1.86. The Kier molecular flexibility index (Phi) is 4.53. The van der Waals surface area contributed by atoms with E-state index in [1.807, 2.05) is 19.1 Å². The molecule has 0 bridgehead atoms. The van der Waals surface area contributed by atoms with Gasteiger partial charge in [-0.3, -0.25) is 4.72 Å². The molecular weight excluding hydrogens is 328 g/mol. The molecule has 0 aromatic heterocycles. The van der Waals surface area contributed by atoms with Gasteiger partial charge in [0.2, 0.25) is 0 Å². The number of aryl methyl sites for hydroxylation is 1. The van der Waals surface area contributed by atoms with Crippen LogP contribution in [0.2, 0.25) is 0 Å². The maximum Gasteiger partial charge on any atom is 0.301 e. The Balaban J connectivity index is 2.15. The van der Waals surface area contributed by atoms with Gasteiger partial charge in [0, 0.05) is 17.6 Å². The molecule has 1 saturated heterocycles. The molecule has 4 nitrogen and oxygen atoms in total. The highest BCUT2D eigenvalue weighted by Gasteiger charge is 2.26. The summed E-state index contributed by atoms with van der Waals surface area (Å²) >= 11 is 3.36. The molecule has 1 fully saturated rings. The fraction of sp³-hybridized carbons (Fsp3) is 0.538. The van der Waals surface area contributed by atoms with E-state index in [2.05, 4.69) is 27.6 Å². The molecule has 1 aliphatic heterocycles. The molecule has 0 atom stereocenters. The predicted octanol–water partition coefficient (Wildman–Crippen LogP) is 3.15. The van der Waals surface area contributed by atoms with E-state index in [0.717, 1.165) is 22.9 Å². The smallest absolute Gasteiger partial charge is 0.271 e. The number of rotatable bonds is 3. The molecule has 6 heteroatoms. The minimum Gasteiger partial charge on any atom is -0.271 e. The maximum atomic E-state index is 12.3. The fourth-order valence-corrected chi connectivity index (χ4v) is 3.81. The van der Waals surface area contributed by atoms with E-state index in [1.54, 1.807) is 6.07 Å². The van der Waals surface area contributed by atoms with E-state index >= 15 is 0 Å². The van der Waals surface area contributed by atoms with Crippen LogP contribution in [0.15, 0.2) is 22.7 Å². The Morgan fingerprint density at radius 3 is 2.58 bits per heavy atom. The van der Waals surface area contributed by atoms with Crippen LogP contribution in [-0.4, -0.2) is 25.8 Å². The topological polar surface area (TPSA) is 49.4 Å². The molecular formula is C13H19BrN2O2S. The second-order valence-electron chi connectivity index (χ2n) is 5.15. The number of halogens is 1. The number of benzene rings is 1. The molecule has 0 saturated carbocycles. The summed E-state index contributed by atoms with van der Waals surface area (Å²) in [6, 6.07) is 5.58. The van der Waals surface area contributed by atoms with Gasteiger partial charge in [-0.2, -0.15) is 12.7 Å². The van der Waals surface area contributed by atoms with Gasteiger partial charge in [-0.15, -0.1) is 0 Å². The molecule has 1 aromatic rings. The van der Waals surface area contributed by atoms with Crippen molar-refractivity contribution < 1.29 is 8.42 Å². The van der Waals surface area contributed by atoms with Crippen LogP contribution in [0.5, 0.6) is 0 Å². The second-order valence-corrected chi connectivity index (χ2v) is 7.73. The van der Waals surface area contributed by atoms with Crippen molar-refractivity contribution in [3.8, 4) is 0 Å². The van der Waals surface area contributed by atoms with E-state index in [1.165, 1.54) is 4.31 Å². The molecule has 0 aliphatic carbocycles. The summed E-state index contributed by atoms with van der Waals surface area (Å²) in [6.45, 7) is 5.26. The highest BCUT2D eigenvalue weighted by Crippen LogP contribution is 2.24. The first-order valence-electron chi connectivity index (χ1n) is 6.42.